The summed E-state index contributed by atoms with van der Waals surface area (Å²) >= 11 is 0. The van der Waals surface area contributed by atoms with Gasteiger partial charge in [-0.3, -0.25) is 0 Å². The summed E-state index contributed by atoms with van der Waals surface area (Å²) in [4.78, 5) is 0. The minimum Gasteiger partial charge on any atom is -0.0882 e. The molecule has 0 heteroatoms. The zero-order valence-corrected chi connectivity index (χ0v) is 6.22. The third-order valence-corrected chi connectivity index (χ3v) is 3.13. The second-order valence-electron chi connectivity index (χ2n) is 3.96. The highest BCUT2D eigenvalue weighted by Gasteiger charge is 2.55. The topological polar surface area (TPSA) is 0 Å². The van der Waals surface area contributed by atoms with E-state index in [4.69, 9.17) is 0 Å². The molecule has 0 bridgehead atoms. The Balaban J connectivity index is 2.19. The van der Waals surface area contributed by atoms with Crippen LogP contribution in [0.25, 0.3) is 0 Å². The highest BCUT2D eigenvalue weighted by atomic mass is 14.6. The van der Waals surface area contributed by atoms with Gasteiger partial charge in [0.2, 0.25) is 0 Å². The monoisotopic (exact) mass is 122 g/mol. The molecule has 2 atom stereocenters. The van der Waals surface area contributed by atoms with Gasteiger partial charge in [0.15, 0.2) is 0 Å². The van der Waals surface area contributed by atoms with E-state index in [0.717, 1.165) is 11.8 Å². The van der Waals surface area contributed by atoms with Crippen LogP contribution in [0.4, 0.5) is 0 Å². The van der Waals surface area contributed by atoms with Crippen molar-refractivity contribution in [3.05, 3.63) is 12.2 Å². The third-order valence-electron chi connectivity index (χ3n) is 3.13. The van der Waals surface area contributed by atoms with Crippen molar-refractivity contribution < 1.29 is 0 Å². The van der Waals surface area contributed by atoms with Gasteiger partial charge in [-0.05, 0) is 30.1 Å². The van der Waals surface area contributed by atoms with E-state index in [0.29, 0.717) is 5.41 Å². The first-order valence-electron chi connectivity index (χ1n) is 3.89. The van der Waals surface area contributed by atoms with Gasteiger partial charge in [-0.15, -0.1) is 0 Å². The number of hydrogen-bond acceptors (Lipinski definition) is 0. The smallest absolute Gasteiger partial charge is 0.0145 e. The quantitative estimate of drug-likeness (QED) is 0.433. The summed E-state index contributed by atoms with van der Waals surface area (Å²) in [5.74, 6) is 1.97. The number of hydrogen-bond donors (Lipinski definition) is 0. The first kappa shape index (κ1) is 5.52. The first-order chi connectivity index (χ1) is 4.23. The predicted molar refractivity (Wildman–Crippen MR) is 39.1 cm³/mol. The van der Waals surface area contributed by atoms with E-state index in [1.165, 1.54) is 12.8 Å². The minimum absolute atomic E-state index is 0.660. The van der Waals surface area contributed by atoms with E-state index in [2.05, 4.69) is 26.0 Å². The molecule has 0 amide bonds. The summed E-state index contributed by atoms with van der Waals surface area (Å²) in [6, 6.07) is 0. The lowest BCUT2D eigenvalue weighted by atomic mass is 10.1. The van der Waals surface area contributed by atoms with Gasteiger partial charge in [-0.2, -0.15) is 0 Å². The zero-order valence-electron chi connectivity index (χ0n) is 6.22. The fourth-order valence-electron chi connectivity index (χ4n) is 2.24. The normalized spacial score (nSPS) is 44.2. The molecular formula is C9H14. The number of allylic oxidation sites excluding steroid dienone is 2. The van der Waals surface area contributed by atoms with Crippen LogP contribution in [0.5, 0.6) is 0 Å². The average Bonchev–Trinajstić information content (AvgIpc) is 2.39. The maximum atomic E-state index is 2.41. The van der Waals surface area contributed by atoms with Gasteiger partial charge in [-0.25, -0.2) is 0 Å². The molecular weight excluding hydrogens is 108 g/mol. The fourth-order valence-corrected chi connectivity index (χ4v) is 2.24. The fraction of sp³-hybridized carbons (Fsp3) is 0.778. The maximum Gasteiger partial charge on any atom is -0.0145 e. The van der Waals surface area contributed by atoms with Gasteiger partial charge in [0.05, 0.1) is 0 Å². The van der Waals surface area contributed by atoms with Crippen LogP contribution in [-0.4, -0.2) is 0 Å². The second-order valence-corrected chi connectivity index (χ2v) is 3.96. The lowest BCUT2D eigenvalue weighted by Crippen LogP contribution is -1.88. The zero-order chi connectivity index (χ0) is 6.48. The van der Waals surface area contributed by atoms with Crippen LogP contribution in [0.2, 0.25) is 0 Å². The van der Waals surface area contributed by atoms with Crippen molar-refractivity contribution in [2.45, 2.75) is 26.7 Å². The lowest BCUT2D eigenvalue weighted by molar-refractivity contribution is 0.536. The molecule has 0 spiro atoms. The Labute approximate surface area is 57.0 Å². The van der Waals surface area contributed by atoms with E-state index in [-0.39, 0.29) is 0 Å². The van der Waals surface area contributed by atoms with Crippen LogP contribution in [0.15, 0.2) is 12.2 Å². The van der Waals surface area contributed by atoms with Crippen molar-refractivity contribution in [3.63, 3.8) is 0 Å². The lowest BCUT2D eigenvalue weighted by Gasteiger charge is -1.98. The van der Waals surface area contributed by atoms with Gasteiger partial charge >= 0.3 is 0 Å². The maximum absolute atomic E-state index is 2.41. The highest BCUT2D eigenvalue weighted by molar-refractivity contribution is 5.17. The van der Waals surface area contributed by atoms with Crippen molar-refractivity contribution in [1.82, 2.24) is 0 Å². The van der Waals surface area contributed by atoms with Crippen LogP contribution in [0.3, 0.4) is 0 Å². The van der Waals surface area contributed by atoms with E-state index < -0.39 is 0 Å². The van der Waals surface area contributed by atoms with Crippen molar-refractivity contribution in [3.8, 4) is 0 Å². The van der Waals surface area contributed by atoms with Crippen LogP contribution in [-0.2, 0) is 0 Å². The van der Waals surface area contributed by atoms with Gasteiger partial charge < -0.3 is 0 Å². The molecule has 0 N–H and O–H groups in total. The molecule has 0 nitrogen and oxygen atoms in total. The first-order valence-corrected chi connectivity index (χ1v) is 3.89. The summed E-state index contributed by atoms with van der Waals surface area (Å²) in [6.07, 6.45) is 7.52. The average molecular weight is 122 g/mol. The Morgan fingerprint density at radius 1 is 1.44 bits per heavy atom. The molecule has 0 heterocycles. The Kier molecular flexibility index (Phi) is 0.870. The molecule has 2 unspecified atom stereocenters. The molecule has 0 saturated heterocycles. The number of fused-ring (bicyclic) bond motifs is 1. The van der Waals surface area contributed by atoms with Crippen molar-refractivity contribution in [2.75, 3.05) is 0 Å². The predicted octanol–water partition coefficient (Wildman–Crippen LogP) is 2.61. The molecule has 0 aromatic rings. The molecule has 9 heavy (non-hydrogen) atoms. The molecule has 2 aliphatic carbocycles. The van der Waals surface area contributed by atoms with Crippen LogP contribution in [0.1, 0.15) is 26.7 Å². The van der Waals surface area contributed by atoms with E-state index in [9.17, 15) is 0 Å². The minimum atomic E-state index is 0.660. The van der Waals surface area contributed by atoms with Crippen LogP contribution in [0, 0.1) is 17.3 Å². The molecule has 2 aliphatic rings. The Morgan fingerprint density at radius 3 is 2.67 bits per heavy atom. The van der Waals surface area contributed by atoms with Crippen molar-refractivity contribution >= 4 is 0 Å². The van der Waals surface area contributed by atoms with Crippen LogP contribution < -0.4 is 0 Å². The summed E-state index contributed by atoms with van der Waals surface area (Å²) in [5.41, 5.74) is 0.660. The van der Waals surface area contributed by atoms with Gasteiger partial charge in [0.1, 0.15) is 0 Å². The molecule has 0 aromatic heterocycles. The SMILES string of the molecule is CC1(C)C2C=CCCC21. The molecule has 0 aromatic carbocycles. The van der Waals surface area contributed by atoms with E-state index >= 15 is 0 Å². The molecule has 50 valence electrons. The van der Waals surface area contributed by atoms with Gasteiger partial charge in [-0.1, -0.05) is 26.0 Å². The Bertz CT molecular complexity index is 153. The van der Waals surface area contributed by atoms with Crippen molar-refractivity contribution in [1.29, 1.82) is 0 Å². The number of rotatable bonds is 0. The molecule has 1 saturated carbocycles. The molecule has 2 rings (SSSR count). The molecule has 1 fully saturated rings. The summed E-state index contributed by atoms with van der Waals surface area (Å²) in [5, 5.41) is 0. The van der Waals surface area contributed by atoms with E-state index in [1.54, 1.807) is 0 Å². The summed E-state index contributed by atoms with van der Waals surface area (Å²) < 4.78 is 0. The Morgan fingerprint density at radius 2 is 2.22 bits per heavy atom. The largest absolute Gasteiger partial charge is 0.0882 e. The van der Waals surface area contributed by atoms with Crippen molar-refractivity contribution in [2.24, 2.45) is 17.3 Å². The van der Waals surface area contributed by atoms with Crippen LogP contribution >= 0.6 is 0 Å². The third kappa shape index (κ3) is 0.593. The Hall–Kier alpha value is -0.260. The molecule has 0 aliphatic heterocycles. The summed E-state index contributed by atoms with van der Waals surface area (Å²) in [7, 11) is 0. The summed E-state index contributed by atoms with van der Waals surface area (Å²) in [6.45, 7) is 4.77. The standard InChI is InChI=1S/C9H14/c1-9(2)7-5-3-4-6-8(7)9/h3,5,7-8H,4,6H2,1-2H3. The second kappa shape index (κ2) is 1.42. The van der Waals surface area contributed by atoms with Gasteiger partial charge in [0.25, 0.3) is 0 Å². The molecule has 0 radical (unpaired) electrons. The highest BCUT2D eigenvalue weighted by Crippen LogP contribution is 2.62. The van der Waals surface area contributed by atoms with E-state index in [1.807, 2.05) is 0 Å². The van der Waals surface area contributed by atoms with Gasteiger partial charge in [0, 0.05) is 0 Å².